The molecule has 13 heteroatoms. The van der Waals surface area contributed by atoms with Gasteiger partial charge in [0.1, 0.15) is 6.61 Å². The number of hydrogen-bond donors (Lipinski definition) is 0. The van der Waals surface area contributed by atoms with E-state index < -0.39 is 25.9 Å². The number of phosphoric acid groups is 1. The molecule has 1 rings (SSSR count). The molecule has 1 aliphatic rings. The third-order valence-electron chi connectivity index (χ3n) is 12.6. The first-order valence-corrected chi connectivity index (χ1v) is 28.9. The molecule has 1 fully saturated rings. The van der Waals surface area contributed by atoms with Crippen molar-refractivity contribution in [1.82, 2.24) is 0 Å². The van der Waals surface area contributed by atoms with Gasteiger partial charge >= 0.3 is 31.7 Å². The number of esters is 4. The lowest BCUT2D eigenvalue weighted by Crippen LogP contribution is -2.29. The van der Waals surface area contributed by atoms with E-state index in [0.29, 0.717) is 51.7 Å². The van der Waals surface area contributed by atoms with Crippen LogP contribution in [0.1, 0.15) is 259 Å². The Labute approximate surface area is 403 Å². The van der Waals surface area contributed by atoms with Crippen molar-refractivity contribution in [2.75, 3.05) is 39.6 Å². The number of rotatable bonds is 48. The van der Waals surface area contributed by atoms with Gasteiger partial charge in [-0.25, -0.2) is 4.57 Å². The van der Waals surface area contributed by atoms with Gasteiger partial charge in [0, 0.05) is 12.8 Å². The van der Waals surface area contributed by atoms with Crippen molar-refractivity contribution < 1.29 is 56.3 Å². The second-order valence-electron chi connectivity index (χ2n) is 18.8. The minimum absolute atomic E-state index is 0.0396. The fourth-order valence-corrected chi connectivity index (χ4v) is 9.49. The van der Waals surface area contributed by atoms with Crippen LogP contribution in [0.3, 0.4) is 0 Å². The maximum atomic E-state index is 13.1. The average Bonchev–Trinajstić information content (AvgIpc) is 3.75. The predicted octanol–water partition coefficient (Wildman–Crippen LogP) is 15.1. The Morgan fingerprint density at radius 2 is 0.773 bits per heavy atom. The molecule has 0 aromatic heterocycles. The summed E-state index contributed by atoms with van der Waals surface area (Å²) in [5.74, 6) is -1.22. The molecule has 1 heterocycles. The van der Waals surface area contributed by atoms with Crippen molar-refractivity contribution in [1.29, 1.82) is 0 Å². The summed E-state index contributed by atoms with van der Waals surface area (Å²) in [4.78, 5) is 51.7. The zero-order valence-electron chi connectivity index (χ0n) is 42.8. The first-order valence-electron chi connectivity index (χ1n) is 27.4. The Kier molecular flexibility index (Phi) is 41.5. The third-order valence-corrected chi connectivity index (χ3v) is 14.0. The van der Waals surface area contributed by atoms with Gasteiger partial charge in [-0.3, -0.25) is 32.7 Å². The molecule has 388 valence electrons. The minimum Gasteiger partial charge on any atom is -0.465 e. The molecule has 66 heavy (non-hydrogen) atoms. The molecule has 0 radical (unpaired) electrons. The van der Waals surface area contributed by atoms with Gasteiger partial charge in [0.2, 0.25) is 0 Å². The number of carbonyl (C=O) groups excluding carboxylic acids is 4. The Balaban J connectivity index is 2.47. The molecular formula is C53H99O12P. The van der Waals surface area contributed by atoms with Crippen LogP contribution in [0.4, 0.5) is 0 Å². The summed E-state index contributed by atoms with van der Waals surface area (Å²) in [6, 6.07) is 0. The molecule has 0 spiro atoms. The summed E-state index contributed by atoms with van der Waals surface area (Å²) in [6.45, 7) is 9.20. The smallest absolute Gasteiger partial charge is 0.465 e. The predicted molar refractivity (Wildman–Crippen MR) is 264 cm³/mol. The SMILES string of the molecule is CCCCCCCCC(CCCCCCCC)C(=O)OCCCCCC(=O)OC[C@@H](COP1(=O)OCCO1)OC(=O)CCCCCOC(=O)C(CCCCCCCC)CCCCCCCC. The van der Waals surface area contributed by atoms with Crippen LogP contribution in [0, 0.1) is 11.8 Å². The molecule has 0 aromatic carbocycles. The van der Waals surface area contributed by atoms with Gasteiger partial charge in [0.15, 0.2) is 6.10 Å². The van der Waals surface area contributed by atoms with Gasteiger partial charge < -0.3 is 18.9 Å². The van der Waals surface area contributed by atoms with Crippen LogP contribution in [0.5, 0.6) is 0 Å². The summed E-state index contributed by atoms with van der Waals surface area (Å²) < 4.78 is 50.7. The van der Waals surface area contributed by atoms with Gasteiger partial charge in [0.25, 0.3) is 0 Å². The maximum absolute atomic E-state index is 13.1. The van der Waals surface area contributed by atoms with E-state index in [1.807, 2.05) is 0 Å². The first kappa shape index (κ1) is 62.0. The molecule has 1 aliphatic heterocycles. The quantitative estimate of drug-likeness (QED) is 0.0247. The monoisotopic (exact) mass is 959 g/mol. The zero-order valence-corrected chi connectivity index (χ0v) is 43.7. The number of hydrogen-bond acceptors (Lipinski definition) is 12. The minimum atomic E-state index is -3.76. The van der Waals surface area contributed by atoms with E-state index in [-0.39, 0.29) is 63.0 Å². The normalized spacial score (nSPS) is 13.9. The summed E-state index contributed by atoms with van der Waals surface area (Å²) >= 11 is 0. The Morgan fingerprint density at radius 3 is 1.17 bits per heavy atom. The van der Waals surface area contributed by atoms with Crippen LogP contribution in [0.15, 0.2) is 0 Å². The first-order chi connectivity index (χ1) is 32.2. The lowest BCUT2D eigenvalue weighted by atomic mass is 9.94. The van der Waals surface area contributed by atoms with Crippen molar-refractivity contribution in [3.63, 3.8) is 0 Å². The Hall–Kier alpha value is -2.01. The molecule has 0 aromatic rings. The summed E-state index contributed by atoms with van der Waals surface area (Å²) in [5.41, 5.74) is 0. The van der Waals surface area contributed by atoms with Crippen LogP contribution in [0.2, 0.25) is 0 Å². The van der Waals surface area contributed by atoms with E-state index in [0.717, 1.165) is 77.0 Å². The third kappa shape index (κ3) is 36.0. The second-order valence-corrected chi connectivity index (χ2v) is 20.4. The van der Waals surface area contributed by atoms with Crippen LogP contribution < -0.4 is 0 Å². The van der Waals surface area contributed by atoms with E-state index in [1.54, 1.807) is 0 Å². The van der Waals surface area contributed by atoms with Crippen molar-refractivity contribution >= 4 is 31.7 Å². The number of unbranched alkanes of at least 4 members (excludes halogenated alkanes) is 24. The van der Waals surface area contributed by atoms with E-state index in [4.69, 9.17) is 32.5 Å². The molecule has 1 saturated heterocycles. The number of phosphoric ester groups is 1. The fourth-order valence-electron chi connectivity index (χ4n) is 8.33. The van der Waals surface area contributed by atoms with E-state index in [1.165, 1.54) is 103 Å². The number of carbonyl (C=O) groups is 4. The van der Waals surface area contributed by atoms with Crippen LogP contribution in [0.25, 0.3) is 0 Å². The lowest BCUT2D eigenvalue weighted by Gasteiger charge is -2.19. The molecule has 0 aliphatic carbocycles. The van der Waals surface area contributed by atoms with Crippen molar-refractivity contribution in [3.8, 4) is 0 Å². The van der Waals surface area contributed by atoms with Crippen LogP contribution in [-0.4, -0.2) is 69.6 Å². The van der Waals surface area contributed by atoms with E-state index in [2.05, 4.69) is 27.7 Å². The Morgan fingerprint density at radius 1 is 0.424 bits per heavy atom. The molecule has 0 saturated carbocycles. The molecule has 1 atom stereocenters. The van der Waals surface area contributed by atoms with Crippen molar-refractivity contribution in [2.24, 2.45) is 11.8 Å². The maximum Gasteiger partial charge on any atom is 0.475 e. The molecular weight excluding hydrogens is 860 g/mol. The van der Waals surface area contributed by atoms with Crippen molar-refractivity contribution in [3.05, 3.63) is 0 Å². The van der Waals surface area contributed by atoms with E-state index >= 15 is 0 Å². The van der Waals surface area contributed by atoms with Crippen LogP contribution in [-0.2, 0) is 56.3 Å². The molecule has 0 N–H and O–H groups in total. The summed E-state index contributed by atoms with van der Waals surface area (Å²) in [6.07, 6.45) is 35.4. The molecule has 0 amide bonds. The highest BCUT2D eigenvalue weighted by Crippen LogP contribution is 2.52. The molecule has 0 bridgehead atoms. The highest BCUT2D eigenvalue weighted by atomic mass is 31.2. The summed E-state index contributed by atoms with van der Waals surface area (Å²) in [7, 11) is -3.76. The van der Waals surface area contributed by atoms with Crippen molar-refractivity contribution in [2.45, 2.75) is 265 Å². The standard InChI is InChI=1S/C53H99O12P/c1-5-9-13-17-21-27-35-47(36-28-22-18-14-10-6-2)52(56)59-41-33-25-31-39-50(54)61-45-49(46-64-66(58)62-43-44-63-66)65-51(55)40-32-26-34-42-60-53(57)48(37-29-23-19-15-11-7-3)38-30-24-20-16-12-8-4/h47-49H,5-46H2,1-4H3/t49-/m0/s1. The van der Waals surface area contributed by atoms with E-state index in [9.17, 15) is 23.7 Å². The van der Waals surface area contributed by atoms with Gasteiger partial charge in [-0.15, -0.1) is 0 Å². The second kappa shape index (κ2) is 44.2. The van der Waals surface area contributed by atoms with Crippen LogP contribution >= 0.6 is 7.82 Å². The lowest BCUT2D eigenvalue weighted by molar-refractivity contribution is -0.161. The fraction of sp³-hybridized carbons (Fsp3) is 0.925. The van der Waals surface area contributed by atoms with Gasteiger partial charge in [0.05, 0.1) is 44.9 Å². The Bertz CT molecular complexity index is 1190. The highest BCUT2D eigenvalue weighted by molar-refractivity contribution is 7.48. The van der Waals surface area contributed by atoms with Gasteiger partial charge in [-0.2, -0.15) is 0 Å². The van der Waals surface area contributed by atoms with Gasteiger partial charge in [-0.1, -0.05) is 182 Å². The highest BCUT2D eigenvalue weighted by Gasteiger charge is 2.34. The largest absolute Gasteiger partial charge is 0.475 e. The topological polar surface area (TPSA) is 150 Å². The molecule has 12 nitrogen and oxygen atoms in total. The zero-order chi connectivity index (χ0) is 48.2. The summed E-state index contributed by atoms with van der Waals surface area (Å²) in [5, 5.41) is 0. The number of ether oxygens (including phenoxy) is 4. The average molecular weight is 959 g/mol. The van der Waals surface area contributed by atoms with Gasteiger partial charge in [-0.05, 0) is 64.2 Å². The molecule has 0 unspecified atom stereocenters.